The number of carboxylic acid groups (broad SMARTS) is 1. The Kier molecular flexibility index (Phi) is 11.2. The maximum atomic E-state index is 14.2. The monoisotopic (exact) mass is 768 g/mol. The molecule has 5 atom stereocenters. The van der Waals surface area contributed by atoms with Crippen LogP contribution in [0.15, 0.2) is 91.3 Å². The van der Waals surface area contributed by atoms with E-state index < -0.39 is 6.09 Å². The number of carbonyl (C=O) groups excluding carboxylic acids is 2. The van der Waals surface area contributed by atoms with Crippen molar-refractivity contribution in [2.75, 3.05) is 26.2 Å². The number of aromatic nitrogens is 4. The van der Waals surface area contributed by atoms with Crippen molar-refractivity contribution in [2.45, 2.75) is 83.0 Å². The zero-order valence-corrected chi connectivity index (χ0v) is 32.7. The normalized spacial score (nSPS) is 21.3. The maximum absolute atomic E-state index is 14.2. The molecule has 4 N–H and O–H groups in total. The van der Waals surface area contributed by atoms with Gasteiger partial charge in [-0.3, -0.25) is 14.5 Å². The minimum atomic E-state index is -1.08. The minimum Gasteiger partial charge on any atom is -0.465 e. The highest BCUT2D eigenvalue weighted by molar-refractivity contribution is 5.84. The van der Waals surface area contributed by atoms with Crippen LogP contribution >= 0.6 is 0 Å². The fraction of sp³-hybridized carbons (Fsp3) is 0.400. The summed E-state index contributed by atoms with van der Waals surface area (Å²) in [5, 5.41) is 11.8. The smallest absolute Gasteiger partial charge is 0.404 e. The van der Waals surface area contributed by atoms with Gasteiger partial charge in [0.05, 0.1) is 41.8 Å². The molecule has 2 saturated heterocycles. The second-order valence-corrected chi connectivity index (χ2v) is 15.5. The van der Waals surface area contributed by atoms with E-state index in [-0.39, 0.29) is 41.9 Å². The molecule has 3 aromatic carbocycles. The van der Waals surface area contributed by atoms with E-state index in [4.69, 9.17) is 9.97 Å². The van der Waals surface area contributed by atoms with Gasteiger partial charge in [0.15, 0.2) is 0 Å². The van der Waals surface area contributed by atoms with Crippen LogP contribution < -0.4 is 5.32 Å². The lowest BCUT2D eigenvalue weighted by Crippen LogP contribution is -2.45. The van der Waals surface area contributed by atoms with E-state index in [9.17, 15) is 19.5 Å². The van der Waals surface area contributed by atoms with Crippen LogP contribution in [0.25, 0.3) is 33.6 Å². The van der Waals surface area contributed by atoms with Crippen molar-refractivity contribution >= 4 is 17.9 Å². The van der Waals surface area contributed by atoms with Crippen LogP contribution in [0.2, 0.25) is 0 Å². The topological polar surface area (TPSA) is 151 Å². The van der Waals surface area contributed by atoms with Gasteiger partial charge in [0.1, 0.15) is 17.7 Å². The number of likely N-dealkylation sites (tertiary alicyclic amines) is 2. The van der Waals surface area contributed by atoms with Crippen LogP contribution in [-0.2, 0) is 9.59 Å². The molecule has 2 aromatic heterocycles. The lowest BCUT2D eigenvalue weighted by atomic mass is 10.0. The van der Waals surface area contributed by atoms with Crippen LogP contribution in [-0.4, -0.2) is 89.9 Å². The second-order valence-electron chi connectivity index (χ2n) is 15.5. The molecule has 12 heteroatoms. The van der Waals surface area contributed by atoms with E-state index in [1.165, 1.54) is 0 Å². The Bertz CT molecular complexity index is 2160. The van der Waals surface area contributed by atoms with Gasteiger partial charge in [-0.05, 0) is 79.4 Å². The Hall–Kier alpha value is -5.75. The summed E-state index contributed by atoms with van der Waals surface area (Å²) >= 11 is 0. The molecule has 2 aliphatic heterocycles. The average Bonchev–Trinajstić information content (AvgIpc) is 4.09. The number of hydrogen-bond acceptors (Lipinski definition) is 6. The molecule has 1 saturated carbocycles. The van der Waals surface area contributed by atoms with Crippen LogP contribution in [0, 0.1) is 5.92 Å². The molecule has 296 valence electrons. The fourth-order valence-corrected chi connectivity index (χ4v) is 9.31. The van der Waals surface area contributed by atoms with Crippen LogP contribution in [0.5, 0.6) is 0 Å². The summed E-state index contributed by atoms with van der Waals surface area (Å²) in [5.74, 6) is 1.41. The number of H-pyrrole nitrogens is 2. The van der Waals surface area contributed by atoms with E-state index in [0.29, 0.717) is 19.4 Å². The van der Waals surface area contributed by atoms with Gasteiger partial charge in [-0.2, -0.15) is 0 Å². The molecular weight excluding hydrogens is 717 g/mol. The van der Waals surface area contributed by atoms with Crippen molar-refractivity contribution in [3.8, 4) is 33.6 Å². The average molecular weight is 769 g/mol. The molecule has 3 fully saturated rings. The lowest BCUT2D eigenvalue weighted by Gasteiger charge is -2.34. The quantitative estimate of drug-likeness (QED) is 0.101. The molecule has 57 heavy (non-hydrogen) atoms. The van der Waals surface area contributed by atoms with Crippen LogP contribution in [0.1, 0.15) is 94.1 Å². The first-order valence-corrected chi connectivity index (χ1v) is 20.5. The fourth-order valence-electron chi connectivity index (χ4n) is 9.31. The zero-order chi connectivity index (χ0) is 39.5. The summed E-state index contributed by atoms with van der Waals surface area (Å²) in [4.78, 5) is 61.8. The van der Waals surface area contributed by atoms with Gasteiger partial charge in [0, 0.05) is 19.1 Å². The zero-order valence-electron chi connectivity index (χ0n) is 32.7. The van der Waals surface area contributed by atoms with E-state index in [1.807, 2.05) is 40.4 Å². The third-order valence-corrected chi connectivity index (χ3v) is 12.3. The van der Waals surface area contributed by atoms with Crippen molar-refractivity contribution in [1.29, 1.82) is 0 Å². The number of nitrogens with one attached hydrogen (secondary N) is 3. The molecule has 0 spiro atoms. The minimum absolute atomic E-state index is 0.0191. The summed E-state index contributed by atoms with van der Waals surface area (Å²) in [7, 11) is 0. The Morgan fingerprint density at radius 3 is 1.79 bits per heavy atom. The Labute approximate surface area is 333 Å². The molecule has 8 rings (SSSR count). The number of likely N-dealkylation sites (N-methyl/N-ethyl adjacent to an activating group) is 1. The number of hydrogen-bond donors (Lipinski definition) is 4. The number of nitrogens with zero attached hydrogens (tertiary/aromatic N) is 5. The van der Waals surface area contributed by atoms with Gasteiger partial charge < -0.3 is 30.2 Å². The van der Waals surface area contributed by atoms with E-state index in [1.54, 1.807) is 0 Å². The Balaban J connectivity index is 0.922. The third kappa shape index (κ3) is 7.83. The van der Waals surface area contributed by atoms with E-state index in [2.05, 4.69) is 94.7 Å². The highest BCUT2D eigenvalue weighted by Gasteiger charge is 2.41. The van der Waals surface area contributed by atoms with Crippen molar-refractivity contribution in [2.24, 2.45) is 5.92 Å². The molecule has 0 bridgehead atoms. The number of imidazole rings is 2. The molecule has 3 amide bonds. The van der Waals surface area contributed by atoms with Gasteiger partial charge in [-0.1, -0.05) is 99.1 Å². The predicted octanol–water partition coefficient (Wildman–Crippen LogP) is 7.98. The summed E-state index contributed by atoms with van der Waals surface area (Å²) in [6, 6.07) is 26.0. The van der Waals surface area contributed by atoms with E-state index >= 15 is 0 Å². The van der Waals surface area contributed by atoms with Gasteiger partial charge in [-0.25, -0.2) is 14.8 Å². The summed E-state index contributed by atoms with van der Waals surface area (Å²) < 4.78 is 0. The van der Waals surface area contributed by atoms with Gasteiger partial charge in [0.2, 0.25) is 11.8 Å². The lowest BCUT2D eigenvalue weighted by molar-refractivity contribution is -0.138. The first-order chi connectivity index (χ1) is 27.8. The van der Waals surface area contributed by atoms with E-state index in [0.717, 1.165) is 103 Å². The number of aromatic amines is 2. The summed E-state index contributed by atoms with van der Waals surface area (Å²) in [6.45, 7) is 7.17. The van der Waals surface area contributed by atoms with Gasteiger partial charge in [-0.15, -0.1) is 0 Å². The molecule has 12 nitrogen and oxygen atoms in total. The Morgan fingerprint density at radius 2 is 1.25 bits per heavy atom. The summed E-state index contributed by atoms with van der Waals surface area (Å²) in [5.41, 5.74) is 7.05. The molecule has 0 radical (unpaired) electrons. The number of carbonyl (C=O) groups is 3. The van der Waals surface area contributed by atoms with Crippen molar-refractivity contribution < 1.29 is 19.5 Å². The highest BCUT2D eigenvalue weighted by Crippen LogP contribution is 2.38. The standard InChI is InChI=1S/C45H52N8O4/c1-3-51(4-2)40(33-11-6-5-7-12-33)44(55)53-26-10-16-39(53)42-47-28-37(49-42)32-23-19-30(20-24-32)29-17-21-31(22-18-29)36-27-46-41(48-36)38-15-9-25-52(38)43(54)34-13-8-14-35(34)50-45(56)57/h5-7,11-12,17-24,27-28,34-35,38-40,50H,3-4,8-10,13-16,25-26H2,1-2H3,(H,46,48)(H,47,49)(H,56,57)/t34-,35-,38+,39+,40-/m1/s1. The summed E-state index contributed by atoms with van der Waals surface area (Å²) in [6.07, 6.45) is 8.38. The Morgan fingerprint density at radius 1 is 0.719 bits per heavy atom. The van der Waals surface area contributed by atoms with Gasteiger partial charge >= 0.3 is 6.09 Å². The molecule has 1 aliphatic carbocycles. The van der Waals surface area contributed by atoms with Crippen LogP contribution in [0.3, 0.4) is 0 Å². The molecule has 5 aromatic rings. The molecule has 4 heterocycles. The predicted molar refractivity (Wildman–Crippen MR) is 219 cm³/mol. The van der Waals surface area contributed by atoms with Gasteiger partial charge in [0.25, 0.3) is 0 Å². The molecule has 0 unspecified atom stereocenters. The maximum Gasteiger partial charge on any atom is 0.404 e. The molecular formula is C45H52N8O4. The number of amides is 3. The van der Waals surface area contributed by atoms with Crippen molar-refractivity contribution in [1.82, 2.24) is 40.0 Å². The van der Waals surface area contributed by atoms with Crippen molar-refractivity contribution in [3.63, 3.8) is 0 Å². The largest absolute Gasteiger partial charge is 0.465 e. The second kappa shape index (κ2) is 16.8. The highest BCUT2D eigenvalue weighted by atomic mass is 16.4. The number of benzene rings is 3. The van der Waals surface area contributed by atoms with Crippen LogP contribution in [0.4, 0.5) is 4.79 Å². The SMILES string of the molecule is CCN(CC)[C@@H](C(=O)N1CCC[C@H]1c1ncc(-c2ccc(-c3ccc(-c4cnc([C@@H]5CCCN5C(=O)[C@@H]5CCC[C@H]5NC(=O)O)[nH]4)cc3)cc2)[nH]1)c1ccccc1. The molecule has 3 aliphatic rings. The first kappa shape index (κ1) is 38.1. The third-order valence-electron chi connectivity index (χ3n) is 12.3. The van der Waals surface area contributed by atoms with Crippen molar-refractivity contribution in [3.05, 3.63) is 108 Å². The number of rotatable bonds is 12. The first-order valence-electron chi connectivity index (χ1n) is 20.5.